The van der Waals surface area contributed by atoms with Crippen LogP contribution in [0.15, 0.2) is 43.0 Å². The third-order valence-electron chi connectivity index (χ3n) is 8.59. The summed E-state index contributed by atoms with van der Waals surface area (Å²) in [5.74, 6) is 6.14. The molecule has 0 unspecified atom stereocenters. The summed E-state index contributed by atoms with van der Waals surface area (Å²) in [4.78, 5) is 21.4. The Morgan fingerprint density at radius 1 is 0.547 bits per heavy atom. The van der Waals surface area contributed by atoms with Crippen molar-refractivity contribution in [1.29, 1.82) is 0 Å². The van der Waals surface area contributed by atoms with E-state index in [9.17, 15) is 9.59 Å². The molecule has 7 rings (SSSR count). The van der Waals surface area contributed by atoms with Gasteiger partial charge in [0.15, 0.2) is 51.8 Å². The van der Waals surface area contributed by atoms with E-state index in [1.165, 1.54) is 0 Å². The molecular formula is C43H64O17S4. The number of Topliss-reactive ketones (excluding diaryl/α,β-unsaturated/α-hetero) is 1. The molecule has 3 aliphatic heterocycles. The Bertz CT molecular complexity index is 1630. The van der Waals surface area contributed by atoms with E-state index >= 15 is 0 Å². The van der Waals surface area contributed by atoms with Crippen molar-refractivity contribution >= 4 is 57.1 Å². The van der Waals surface area contributed by atoms with Gasteiger partial charge in [0.1, 0.15) is 13.2 Å². The molecule has 0 bridgehead atoms. The van der Waals surface area contributed by atoms with Crippen molar-refractivity contribution in [2.75, 3.05) is 100 Å². The van der Waals surface area contributed by atoms with Gasteiger partial charge in [-0.15, -0.1) is 45.3 Å². The zero-order valence-electron chi connectivity index (χ0n) is 36.8. The summed E-state index contributed by atoms with van der Waals surface area (Å²) in [5.41, 5.74) is 0. The van der Waals surface area contributed by atoms with Crippen LogP contribution in [-0.4, -0.2) is 143 Å². The molecule has 6 N–H and O–H groups in total. The first-order valence-electron chi connectivity index (χ1n) is 20.5. The maximum absolute atomic E-state index is 11.2. The number of esters is 1. The van der Waals surface area contributed by atoms with Gasteiger partial charge in [-0.3, -0.25) is 9.59 Å². The largest absolute Gasteiger partial charge is 0.492 e. The fourth-order valence-electron chi connectivity index (χ4n) is 4.74. The number of ketones is 1. The van der Waals surface area contributed by atoms with E-state index in [0.29, 0.717) is 59.1 Å². The average molecular weight is 981 g/mol. The molecule has 3 aliphatic rings. The van der Waals surface area contributed by atoms with Crippen LogP contribution in [0.5, 0.6) is 46.0 Å². The minimum absolute atomic E-state index is 0.0671. The van der Waals surface area contributed by atoms with Gasteiger partial charge in [0, 0.05) is 61.8 Å². The molecule has 0 radical (unpaired) electrons. The predicted molar refractivity (Wildman–Crippen MR) is 246 cm³/mol. The van der Waals surface area contributed by atoms with Crippen LogP contribution < -0.4 is 37.9 Å². The molecular weight excluding hydrogens is 917 g/mol. The molecule has 362 valence electrons. The zero-order chi connectivity index (χ0) is 47.0. The van der Waals surface area contributed by atoms with Crippen molar-refractivity contribution in [3.8, 4) is 46.0 Å². The van der Waals surface area contributed by atoms with Crippen molar-refractivity contribution in [3.05, 3.63) is 43.0 Å². The fourth-order valence-corrected chi connectivity index (χ4v) is 7.53. The predicted octanol–water partition coefficient (Wildman–Crippen LogP) is 5.43. The van der Waals surface area contributed by atoms with Crippen molar-refractivity contribution in [3.63, 3.8) is 0 Å². The highest BCUT2D eigenvalue weighted by molar-refractivity contribution is 7.09. The number of carbonyl (C=O) groups is 2. The fraction of sp³-hybridized carbons (Fsp3) is 0.581. The Balaban J connectivity index is 0.000000272. The second-order valence-electron chi connectivity index (χ2n) is 13.9. The molecule has 21 heteroatoms. The van der Waals surface area contributed by atoms with Gasteiger partial charge in [0.05, 0.1) is 105 Å². The number of hydrogen-bond donors (Lipinski definition) is 6. The first-order chi connectivity index (χ1) is 31.1. The molecule has 4 aromatic rings. The molecule has 0 amide bonds. The summed E-state index contributed by atoms with van der Waals surface area (Å²) in [7, 11) is 3.26. The molecule has 0 saturated carbocycles. The third kappa shape index (κ3) is 21.9. The SMILES string of the molecule is CCCC(=O)CO.CCCC(=O)OCC1COc2cscc2OC1.COc1cscc1OC.OCC(CO)CO.OCC1COc2cscc2OC1.OCC1COc2cscc2OC1. The van der Waals surface area contributed by atoms with E-state index in [1.807, 2.05) is 56.9 Å². The summed E-state index contributed by atoms with van der Waals surface area (Å²) in [6.07, 6.45) is 2.63. The first kappa shape index (κ1) is 56.2. The number of methoxy groups -OCH3 is 2. The number of fused-ring (bicyclic) bond motifs is 3. The van der Waals surface area contributed by atoms with Crippen molar-refractivity contribution in [2.45, 2.75) is 39.5 Å². The van der Waals surface area contributed by atoms with Crippen molar-refractivity contribution in [2.24, 2.45) is 23.7 Å². The lowest BCUT2D eigenvalue weighted by molar-refractivity contribution is -0.145. The summed E-state index contributed by atoms with van der Waals surface area (Å²) in [5, 5.41) is 65.8. The second kappa shape index (κ2) is 34.4. The van der Waals surface area contributed by atoms with Gasteiger partial charge in [0.2, 0.25) is 0 Å². The van der Waals surface area contributed by atoms with Crippen molar-refractivity contribution in [1.82, 2.24) is 0 Å². The summed E-state index contributed by atoms with van der Waals surface area (Å²) in [6, 6.07) is 0. The topological polar surface area (TPSA) is 239 Å². The van der Waals surface area contributed by atoms with Crippen LogP contribution >= 0.6 is 45.3 Å². The van der Waals surface area contributed by atoms with E-state index in [2.05, 4.69) is 0 Å². The zero-order valence-corrected chi connectivity index (χ0v) is 40.0. The maximum Gasteiger partial charge on any atom is 0.305 e. The molecule has 0 fully saturated rings. The average Bonchev–Trinajstić information content (AvgIpc) is 4.12. The van der Waals surface area contributed by atoms with Crippen LogP contribution in [0, 0.1) is 23.7 Å². The number of thiophene rings is 4. The van der Waals surface area contributed by atoms with E-state index in [4.69, 9.17) is 73.3 Å². The number of ether oxygens (including phenoxy) is 9. The standard InChI is InChI=1S/C12H16O4S.2C8H10O3S.C6H8O2S.C5H10O2.C4H10O3/c1-2-3-12(13)16-6-9-4-14-10-7-17-8-11(10)15-5-9;2*9-1-6-2-10-7-4-12-5-8(7)11-3-6;1-7-5-3-9-4-6(5)8-2;1-2-3-5(7)4-6;5-1-4(2-6)3-7/h7-9H,2-6H2,1H3;2*4-6,9H,1-3H2;3-4H,1-2H3;6H,2-4H2,1H3;4-7H,1-3H2. The first-order valence-corrected chi connectivity index (χ1v) is 24.3. The Hall–Kier alpha value is -3.90. The van der Waals surface area contributed by atoms with Gasteiger partial charge in [-0.25, -0.2) is 0 Å². The van der Waals surface area contributed by atoms with Gasteiger partial charge >= 0.3 is 5.97 Å². The number of aliphatic hydroxyl groups is 6. The lowest BCUT2D eigenvalue weighted by atomic mass is 10.2. The van der Waals surface area contributed by atoms with Gasteiger partial charge in [-0.05, 0) is 12.8 Å². The lowest BCUT2D eigenvalue weighted by Crippen LogP contribution is -2.24. The Morgan fingerprint density at radius 2 is 0.875 bits per heavy atom. The molecule has 64 heavy (non-hydrogen) atoms. The molecule has 0 saturated heterocycles. The molecule has 4 aromatic heterocycles. The second-order valence-corrected chi connectivity index (χ2v) is 16.9. The number of aliphatic hydroxyl groups excluding tert-OH is 6. The summed E-state index contributed by atoms with van der Waals surface area (Å²) >= 11 is 6.24. The quantitative estimate of drug-likeness (QED) is 0.0864. The number of rotatable bonds is 14. The highest BCUT2D eigenvalue weighted by atomic mass is 32.1. The Labute approximate surface area is 390 Å². The van der Waals surface area contributed by atoms with Crippen LogP contribution in [0.1, 0.15) is 39.5 Å². The van der Waals surface area contributed by atoms with E-state index in [0.717, 1.165) is 58.8 Å². The van der Waals surface area contributed by atoms with Gasteiger partial charge < -0.3 is 73.3 Å². The summed E-state index contributed by atoms with van der Waals surface area (Å²) in [6.45, 7) is 6.96. The van der Waals surface area contributed by atoms with Crippen LogP contribution in [0.2, 0.25) is 0 Å². The number of carbonyl (C=O) groups excluding carboxylic acids is 2. The van der Waals surface area contributed by atoms with E-state index in [1.54, 1.807) is 59.6 Å². The molecule has 0 atom stereocenters. The minimum Gasteiger partial charge on any atom is -0.492 e. The van der Waals surface area contributed by atoms with Gasteiger partial charge in [0.25, 0.3) is 0 Å². The van der Waals surface area contributed by atoms with E-state index in [-0.39, 0.29) is 75.1 Å². The smallest absolute Gasteiger partial charge is 0.305 e. The van der Waals surface area contributed by atoms with Crippen LogP contribution in [0.4, 0.5) is 0 Å². The maximum atomic E-state index is 11.2. The monoisotopic (exact) mass is 980 g/mol. The van der Waals surface area contributed by atoms with Gasteiger partial charge in [-0.1, -0.05) is 13.8 Å². The van der Waals surface area contributed by atoms with Crippen LogP contribution in [-0.2, 0) is 14.3 Å². The summed E-state index contributed by atoms with van der Waals surface area (Å²) < 4.78 is 47.9. The minimum atomic E-state index is -0.347. The Morgan fingerprint density at radius 3 is 1.12 bits per heavy atom. The molecule has 0 spiro atoms. The Kier molecular flexibility index (Phi) is 30.3. The molecule has 17 nitrogen and oxygen atoms in total. The lowest BCUT2D eigenvalue weighted by Gasteiger charge is -2.13. The van der Waals surface area contributed by atoms with Crippen molar-refractivity contribution < 1.29 is 82.9 Å². The van der Waals surface area contributed by atoms with E-state index < -0.39 is 0 Å². The highest BCUT2D eigenvalue weighted by Gasteiger charge is 2.21. The van der Waals surface area contributed by atoms with Crippen LogP contribution in [0.25, 0.3) is 0 Å². The normalized spacial score (nSPS) is 14.0. The molecule has 7 heterocycles. The molecule has 0 aromatic carbocycles. The molecule has 0 aliphatic carbocycles. The highest BCUT2D eigenvalue weighted by Crippen LogP contribution is 2.36. The van der Waals surface area contributed by atoms with Gasteiger partial charge in [-0.2, -0.15) is 0 Å². The number of hydrogen-bond acceptors (Lipinski definition) is 21. The van der Waals surface area contributed by atoms with Crippen LogP contribution in [0.3, 0.4) is 0 Å². The third-order valence-corrected chi connectivity index (χ3v) is 11.4.